The molecule has 29 heavy (non-hydrogen) atoms. The first-order chi connectivity index (χ1) is 13.8. The van der Waals surface area contributed by atoms with Crippen LogP contribution in [0.3, 0.4) is 0 Å². The second-order valence-electron chi connectivity index (χ2n) is 8.48. The number of carbonyl (C=O) groups is 1. The zero-order chi connectivity index (χ0) is 20.8. The van der Waals surface area contributed by atoms with E-state index in [0.717, 1.165) is 11.3 Å². The molecule has 2 fully saturated rings. The van der Waals surface area contributed by atoms with Gasteiger partial charge in [0, 0.05) is 17.8 Å². The molecule has 2 aliphatic rings. The second-order valence-corrected chi connectivity index (χ2v) is 10.6. The molecule has 4 rings (SSSR count). The van der Waals surface area contributed by atoms with Crippen LogP contribution in [0.15, 0.2) is 54.6 Å². The fourth-order valence-electron chi connectivity index (χ4n) is 4.61. The minimum Gasteiger partial charge on any atom is -0.306 e. The van der Waals surface area contributed by atoms with Crippen molar-refractivity contribution in [1.29, 1.82) is 0 Å². The summed E-state index contributed by atoms with van der Waals surface area (Å²) in [4.78, 5) is 17.0. The SMILES string of the molecule is CC(C)c1ccc(N2C(=O)CN(C(C)c3ccccc3)C3CS(=O)(=O)CC32)cc1. The lowest BCUT2D eigenvalue weighted by Crippen LogP contribution is -2.62. The second kappa shape index (κ2) is 7.58. The molecule has 0 radical (unpaired) electrons. The normalized spacial score (nSPS) is 25.2. The minimum atomic E-state index is -3.20. The minimum absolute atomic E-state index is 0.0212. The van der Waals surface area contributed by atoms with Gasteiger partial charge in [0.2, 0.25) is 5.91 Å². The molecule has 5 nitrogen and oxygen atoms in total. The molecule has 2 heterocycles. The smallest absolute Gasteiger partial charge is 0.241 e. The molecular formula is C23H28N2O3S. The fourth-order valence-corrected chi connectivity index (χ4v) is 6.57. The number of amides is 1. The van der Waals surface area contributed by atoms with Crippen molar-refractivity contribution in [2.24, 2.45) is 0 Å². The Hall–Kier alpha value is -2.18. The average molecular weight is 413 g/mol. The number of rotatable bonds is 4. The first kappa shape index (κ1) is 20.1. The van der Waals surface area contributed by atoms with Crippen molar-refractivity contribution >= 4 is 21.4 Å². The lowest BCUT2D eigenvalue weighted by atomic mass is 9.97. The number of nitrogens with zero attached hydrogens (tertiary/aromatic N) is 2. The van der Waals surface area contributed by atoms with E-state index in [1.165, 1.54) is 5.56 Å². The number of fused-ring (bicyclic) bond motifs is 1. The van der Waals surface area contributed by atoms with Crippen molar-refractivity contribution in [1.82, 2.24) is 4.90 Å². The molecule has 1 amide bonds. The van der Waals surface area contributed by atoms with Gasteiger partial charge in [-0.2, -0.15) is 0 Å². The molecule has 6 heteroatoms. The molecule has 0 saturated carbocycles. The van der Waals surface area contributed by atoms with Gasteiger partial charge in [0.05, 0.1) is 24.1 Å². The summed E-state index contributed by atoms with van der Waals surface area (Å²) in [5, 5.41) is 0. The van der Waals surface area contributed by atoms with Crippen LogP contribution < -0.4 is 4.90 Å². The van der Waals surface area contributed by atoms with E-state index in [1.54, 1.807) is 4.90 Å². The highest BCUT2D eigenvalue weighted by Crippen LogP contribution is 2.36. The maximum atomic E-state index is 13.2. The van der Waals surface area contributed by atoms with Gasteiger partial charge in [0.1, 0.15) is 0 Å². The summed E-state index contributed by atoms with van der Waals surface area (Å²) >= 11 is 0. The Morgan fingerprint density at radius 3 is 2.10 bits per heavy atom. The monoisotopic (exact) mass is 412 g/mol. The van der Waals surface area contributed by atoms with E-state index in [2.05, 4.69) is 25.7 Å². The van der Waals surface area contributed by atoms with Gasteiger partial charge < -0.3 is 4.90 Å². The van der Waals surface area contributed by atoms with Crippen LogP contribution in [0.5, 0.6) is 0 Å². The summed E-state index contributed by atoms with van der Waals surface area (Å²) in [5.74, 6) is 0.488. The largest absolute Gasteiger partial charge is 0.306 e. The van der Waals surface area contributed by atoms with Crippen LogP contribution in [0, 0.1) is 0 Å². The highest BCUT2D eigenvalue weighted by Gasteiger charge is 2.50. The number of anilines is 1. The molecule has 0 bridgehead atoms. The molecular weight excluding hydrogens is 384 g/mol. The van der Waals surface area contributed by atoms with Crippen LogP contribution in [0.4, 0.5) is 5.69 Å². The zero-order valence-electron chi connectivity index (χ0n) is 17.2. The van der Waals surface area contributed by atoms with E-state index in [4.69, 9.17) is 0 Å². The van der Waals surface area contributed by atoms with Gasteiger partial charge in [0.25, 0.3) is 0 Å². The molecule has 0 N–H and O–H groups in total. The average Bonchev–Trinajstić information content (AvgIpc) is 3.02. The summed E-state index contributed by atoms with van der Waals surface area (Å²) < 4.78 is 25.1. The van der Waals surface area contributed by atoms with Gasteiger partial charge in [-0.3, -0.25) is 9.69 Å². The summed E-state index contributed by atoms with van der Waals surface area (Å²) in [6, 6.07) is 17.4. The predicted octanol–water partition coefficient (Wildman–Crippen LogP) is 3.39. The Morgan fingerprint density at radius 2 is 1.48 bits per heavy atom. The Balaban J connectivity index is 1.68. The van der Waals surface area contributed by atoms with Crippen LogP contribution in [-0.2, 0) is 14.6 Å². The van der Waals surface area contributed by atoms with Crippen LogP contribution in [0.2, 0.25) is 0 Å². The number of piperazine rings is 1. The van der Waals surface area contributed by atoms with Crippen LogP contribution in [0.1, 0.15) is 43.9 Å². The van der Waals surface area contributed by atoms with E-state index < -0.39 is 9.84 Å². The molecule has 2 aromatic rings. The van der Waals surface area contributed by atoms with Crippen molar-refractivity contribution < 1.29 is 13.2 Å². The van der Waals surface area contributed by atoms with Crippen molar-refractivity contribution in [2.75, 3.05) is 23.0 Å². The van der Waals surface area contributed by atoms with E-state index >= 15 is 0 Å². The Kier molecular flexibility index (Phi) is 5.25. The molecule has 3 unspecified atom stereocenters. The van der Waals surface area contributed by atoms with Crippen molar-refractivity contribution in [2.45, 2.75) is 44.8 Å². The quantitative estimate of drug-likeness (QED) is 0.772. The van der Waals surface area contributed by atoms with Crippen molar-refractivity contribution in [3.05, 3.63) is 65.7 Å². The summed E-state index contributed by atoms with van der Waals surface area (Å²) in [7, 11) is -3.20. The van der Waals surface area contributed by atoms with Gasteiger partial charge in [-0.25, -0.2) is 8.42 Å². The molecule has 154 valence electrons. The van der Waals surface area contributed by atoms with Crippen molar-refractivity contribution in [3.63, 3.8) is 0 Å². The third kappa shape index (κ3) is 3.83. The molecule has 2 aliphatic heterocycles. The lowest BCUT2D eigenvalue weighted by Gasteiger charge is -2.46. The third-order valence-electron chi connectivity index (χ3n) is 6.26. The number of sulfone groups is 1. The third-order valence-corrected chi connectivity index (χ3v) is 7.95. The standard InChI is InChI=1S/C23H28N2O3S/c1-16(2)18-9-11-20(12-10-18)25-22-15-29(27,28)14-21(22)24(13-23(25)26)17(3)19-7-5-4-6-8-19/h4-12,16-17,21-22H,13-15H2,1-3H3. The van der Waals surface area contributed by atoms with Crippen LogP contribution >= 0.6 is 0 Å². The Labute approximate surface area is 173 Å². The highest BCUT2D eigenvalue weighted by atomic mass is 32.2. The number of benzene rings is 2. The molecule has 2 saturated heterocycles. The molecule has 0 aromatic heterocycles. The Morgan fingerprint density at radius 1 is 0.862 bits per heavy atom. The molecule has 3 atom stereocenters. The predicted molar refractivity (Wildman–Crippen MR) is 116 cm³/mol. The van der Waals surface area contributed by atoms with Gasteiger partial charge >= 0.3 is 0 Å². The van der Waals surface area contributed by atoms with E-state index in [-0.39, 0.29) is 42.1 Å². The van der Waals surface area contributed by atoms with E-state index in [9.17, 15) is 13.2 Å². The summed E-state index contributed by atoms with van der Waals surface area (Å²) in [6.45, 7) is 6.53. The van der Waals surface area contributed by atoms with Crippen LogP contribution in [-0.4, -0.2) is 49.4 Å². The first-order valence-electron chi connectivity index (χ1n) is 10.2. The maximum absolute atomic E-state index is 13.2. The number of hydrogen-bond donors (Lipinski definition) is 0. The molecule has 0 aliphatic carbocycles. The van der Waals surface area contributed by atoms with Gasteiger partial charge in [0.15, 0.2) is 9.84 Å². The summed E-state index contributed by atoms with van der Waals surface area (Å²) in [5.41, 5.74) is 3.09. The zero-order valence-corrected chi connectivity index (χ0v) is 18.0. The van der Waals surface area contributed by atoms with Gasteiger partial charge in [-0.05, 0) is 36.1 Å². The molecule has 0 spiro atoms. The number of hydrogen-bond acceptors (Lipinski definition) is 4. The molecule has 2 aromatic carbocycles. The van der Waals surface area contributed by atoms with E-state index in [0.29, 0.717) is 5.92 Å². The highest BCUT2D eigenvalue weighted by molar-refractivity contribution is 7.91. The van der Waals surface area contributed by atoms with Crippen molar-refractivity contribution in [3.8, 4) is 0 Å². The lowest BCUT2D eigenvalue weighted by molar-refractivity contribution is -0.124. The maximum Gasteiger partial charge on any atom is 0.241 e. The van der Waals surface area contributed by atoms with Gasteiger partial charge in [-0.15, -0.1) is 0 Å². The first-order valence-corrected chi connectivity index (χ1v) is 12.0. The number of carbonyl (C=O) groups excluding carboxylic acids is 1. The Bertz CT molecular complexity index is 987. The van der Waals surface area contributed by atoms with E-state index in [1.807, 2.05) is 54.6 Å². The fraction of sp³-hybridized carbons (Fsp3) is 0.435. The topological polar surface area (TPSA) is 57.7 Å². The van der Waals surface area contributed by atoms with Crippen LogP contribution in [0.25, 0.3) is 0 Å². The summed E-state index contributed by atoms with van der Waals surface area (Å²) in [6.07, 6.45) is 0. The van der Waals surface area contributed by atoms with Gasteiger partial charge in [-0.1, -0.05) is 56.3 Å².